The second-order valence-corrected chi connectivity index (χ2v) is 9.28. The zero-order valence-corrected chi connectivity index (χ0v) is 20.3. The molecule has 10 heteroatoms. The molecular weight excluding hydrogens is 460 g/mol. The van der Waals surface area contributed by atoms with Gasteiger partial charge < -0.3 is 28.3 Å². The third-order valence-corrected chi connectivity index (χ3v) is 6.02. The topological polar surface area (TPSA) is 107 Å². The van der Waals surface area contributed by atoms with Crippen LogP contribution in [0, 0.1) is 0 Å². The molecule has 0 fully saturated rings. The van der Waals surface area contributed by atoms with Gasteiger partial charge in [0, 0.05) is 12.6 Å². The van der Waals surface area contributed by atoms with Crippen molar-refractivity contribution in [1.29, 1.82) is 0 Å². The van der Waals surface area contributed by atoms with E-state index in [1.165, 1.54) is 50.8 Å². The summed E-state index contributed by atoms with van der Waals surface area (Å²) in [7, 11) is -1.22. The van der Waals surface area contributed by atoms with Crippen LogP contribution in [0.4, 0.5) is 4.79 Å². The summed E-state index contributed by atoms with van der Waals surface area (Å²) in [4.78, 5) is 14.3. The van der Waals surface area contributed by atoms with E-state index in [0.717, 1.165) is 0 Å². The number of carbonyl (C=O) groups excluding carboxylic acids is 1. The fourth-order valence-corrected chi connectivity index (χ4v) is 4.07. The first-order chi connectivity index (χ1) is 16.2. The minimum Gasteiger partial charge on any atom is -0.497 e. The van der Waals surface area contributed by atoms with Crippen LogP contribution < -0.4 is 19.0 Å². The van der Waals surface area contributed by atoms with Crippen LogP contribution in [0.5, 0.6) is 17.2 Å². The van der Waals surface area contributed by atoms with Gasteiger partial charge in [-0.1, -0.05) is 6.07 Å². The van der Waals surface area contributed by atoms with Crippen molar-refractivity contribution in [3.63, 3.8) is 0 Å². The normalized spacial score (nSPS) is 11.2. The predicted molar refractivity (Wildman–Crippen MR) is 125 cm³/mol. The van der Waals surface area contributed by atoms with Crippen LogP contribution >= 0.6 is 0 Å². The number of amides is 2. The number of urea groups is 1. The van der Waals surface area contributed by atoms with Gasteiger partial charge in [-0.3, -0.25) is 0 Å². The zero-order chi connectivity index (χ0) is 24.7. The second-order valence-electron chi connectivity index (χ2n) is 7.74. The molecule has 3 rings (SSSR count). The lowest BCUT2D eigenvalue weighted by molar-refractivity contribution is 0.184. The van der Waals surface area contributed by atoms with Crippen molar-refractivity contribution in [3.8, 4) is 17.2 Å². The smallest absolute Gasteiger partial charge is 0.339 e. The lowest BCUT2D eigenvalue weighted by Crippen LogP contribution is -2.42. The van der Waals surface area contributed by atoms with E-state index in [4.69, 9.17) is 18.1 Å². The average molecular weight is 489 g/mol. The van der Waals surface area contributed by atoms with E-state index < -0.39 is 10.1 Å². The number of ether oxygens (including phenoxy) is 2. The SMILES string of the molecule is COc1ccc(S(=O)(=O)Oc2cc(CN(Cc3ccco3)C(=O)NC(C)C)ccc2OC)cc1. The highest BCUT2D eigenvalue weighted by Gasteiger charge is 2.22. The van der Waals surface area contributed by atoms with E-state index in [1.807, 2.05) is 13.8 Å². The molecule has 0 unspecified atom stereocenters. The maximum atomic E-state index is 12.8. The van der Waals surface area contributed by atoms with Crippen molar-refractivity contribution >= 4 is 16.1 Å². The van der Waals surface area contributed by atoms with Crippen molar-refractivity contribution in [2.24, 2.45) is 0 Å². The van der Waals surface area contributed by atoms with Gasteiger partial charge >= 0.3 is 16.1 Å². The molecule has 2 aromatic carbocycles. The van der Waals surface area contributed by atoms with Crippen LogP contribution in [0.1, 0.15) is 25.2 Å². The number of methoxy groups -OCH3 is 2. The Balaban J connectivity index is 1.86. The van der Waals surface area contributed by atoms with Gasteiger partial charge in [0.2, 0.25) is 0 Å². The molecule has 3 aromatic rings. The second kappa shape index (κ2) is 11.0. The Labute approximate surface area is 199 Å². The molecule has 0 bridgehead atoms. The minimum absolute atomic E-state index is 0.0121. The molecule has 1 aromatic heterocycles. The van der Waals surface area contributed by atoms with E-state index in [1.54, 1.807) is 29.2 Å². The van der Waals surface area contributed by atoms with Crippen molar-refractivity contribution in [2.45, 2.75) is 37.9 Å². The van der Waals surface area contributed by atoms with Gasteiger partial charge in [-0.05, 0) is 67.9 Å². The monoisotopic (exact) mass is 488 g/mol. The lowest BCUT2D eigenvalue weighted by Gasteiger charge is -2.24. The third kappa shape index (κ3) is 6.44. The number of furan rings is 1. The first-order valence-corrected chi connectivity index (χ1v) is 12.0. The molecule has 0 spiro atoms. The first-order valence-electron chi connectivity index (χ1n) is 10.5. The number of hydrogen-bond acceptors (Lipinski definition) is 7. The van der Waals surface area contributed by atoms with Gasteiger partial charge in [-0.15, -0.1) is 0 Å². The summed E-state index contributed by atoms with van der Waals surface area (Å²) < 4.78 is 46.8. The van der Waals surface area contributed by atoms with Crippen LogP contribution in [-0.4, -0.2) is 39.6 Å². The summed E-state index contributed by atoms with van der Waals surface area (Å²) in [5.74, 6) is 1.39. The fourth-order valence-electron chi connectivity index (χ4n) is 3.14. The maximum absolute atomic E-state index is 12.8. The summed E-state index contributed by atoms with van der Waals surface area (Å²) in [6, 6.07) is 13.9. The van der Waals surface area contributed by atoms with Gasteiger partial charge in [0.1, 0.15) is 16.4 Å². The van der Waals surface area contributed by atoms with E-state index >= 15 is 0 Å². The number of hydrogen-bond donors (Lipinski definition) is 1. The lowest BCUT2D eigenvalue weighted by atomic mass is 10.2. The Hall–Kier alpha value is -3.66. The Kier molecular flexibility index (Phi) is 8.06. The molecule has 0 radical (unpaired) electrons. The van der Waals surface area contributed by atoms with E-state index in [0.29, 0.717) is 17.1 Å². The molecule has 34 heavy (non-hydrogen) atoms. The third-order valence-electron chi connectivity index (χ3n) is 4.78. The fraction of sp³-hybridized carbons (Fsp3) is 0.292. The molecule has 0 aliphatic carbocycles. The maximum Gasteiger partial charge on any atom is 0.339 e. The van der Waals surface area contributed by atoms with Crippen LogP contribution in [0.3, 0.4) is 0 Å². The minimum atomic E-state index is -4.13. The molecular formula is C24H28N2O7S. The van der Waals surface area contributed by atoms with E-state index in [9.17, 15) is 13.2 Å². The first kappa shape index (κ1) is 25.0. The summed E-state index contributed by atoms with van der Waals surface area (Å²) >= 11 is 0. The largest absolute Gasteiger partial charge is 0.497 e. The standard InChI is InChI=1S/C24H28N2O7S/c1-17(2)25-24(27)26(16-20-6-5-13-32-20)15-18-7-12-22(31-4)23(14-18)33-34(28,29)21-10-8-19(30-3)9-11-21/h5-14,17H,15-16H2,1-4H3,(H,25,27). The molecule has 2 amide bonds. The Morgan fingerprint density at radius 2 is 1.74 bits per heavy atom. The molecule has 0 aliphatic rings. The Morgan fingerprint density at radius 1 is 1.00 bits per heavy atom. The summed E-state index contributed by atoms with van der Waals surface area (Å²) in [5.41, 5.74) is 0.645. The van der Waals surface area contributed by atoms with Gasteiger partial charge in [-0.2, -0.15) is 8.42 Å². The molecule has 1 heterocycles. The van der Waals surface area contributed by atoms with E-state index in [2.05, 4.69) is 5.32 Å². The van der Waals surface area contributed by atoms with Crippen molar-refractivity contribution in [1.82, 2.24) is 10.2 Å². The number of benzene rings is 2. The number of nitrogens with zero attached hydrogens (tertiary/aromatic N) is 1. The van der Waals surface area contributed by atoms with Gasteiger partial charge in [0.25, 0.3) is 0 Å². The molecule has 0 saturated heterocycles. The van der Waals surface area contributed by atoms with Gasteiger partial charge in [-0.25, -0.2) is 4.79 Å². The van der Waals surface area contributed by atoms with Crippen LogP contribution in [-0.2, 0) is 23.2 Å². The Morgan fingerprint density at radius 3 is 2.32 bits per heavy atom. The highest BCUT2D eigenvalue weighted by molar-refractivity contribution is 7.87. The molecule has 0 saturated carbocycles. The highest BCUT2D eigenvalue weighted by atomic mass is 32.2. The zero-order valence-electron chi connectivity index (χ0n) is 19.5. The molecule has 0 atom stereocenters. The van der Waals surface area contributed by atoms with Crippen molar-refractivity contribution < 1.29 is 31.3 Å². The van der Waals surface area contributed by atoms with Crippen molar-refractivity contribution in [3.05, 3.63) is 72.2 Å². The average Bonchev–Trinajstić information content (AvgIpc) is 3.31. The van der Waals surface area contributed by atoms with Crippen LogP contribution in [0.2, 0.25) is 0 Å². The molecule has 9 nitrogen and oxygen atoms in total. The molecule has 0 aliphatic heterocycles. The highest BCUT2D eigenvalue weighted by Crippen LogP contribution is 2.32. The van der Waals surface area contributed by atoms with Gasteiger partial charge in [0.05, 0.1) is 27.0 Å². The quantitative estimate of drug-likeness (QED) is 0.427. The summed E-state index contributed by atoms with van der Waals surface area (Å²) in [6.07, 6.45) is 1.54. The summed E-state index contributed by atoms with van der Waals surface area (Å²) in [5, 5.41) is 2.87. The summed E-state index contributed by atoms with van der Waals surface area (Å²) in [6.45, 7) is 4.15. The number of carbonyl (C=O) groups is 1. The van der Waals surface area contributed by atoms with Crippen molar-refractivity contribution in [2.75, 3.05) is 14.2 Å². The predicted octanol–water partition coefficient (Wildman–Crippen LogP) is 4.18. The van der Waals surface area contributed by atoms with E-state index in [-0.39, 0.29) is 41.6 Å². The van der Waals surface area contributed by atoms with Gasteiger partial charge in [0.15, 0.2) is 11.5 Å². The Bertz CT molecular complexity index is 1190. The van der Waals surface area contributed by atoms with Crippen LogP contribution in [0.25, 0.3) is 0 Å². The number of rotatable bonds is 10. The van der Waals surface area contributed by atoms with Crippen LogP contribution in [0.15, 0.2) is 70.2 Å². The molecule has 182 valence electrons. The molecule has 1 N–H and O–H groups in total. The number of nitrogens with one attached hydrogen (secondary N) is 1.